The second kappa shape index (κ2) is 6.53. The zero-order valence-corrected chi connectivity index (χ0v) is 11.5. The molecule has 0 fully saturated rings. The maximum Gasteiger partial charge on any atom is 0.233 e. The van der Waals surface area contributed by atoms with Crippen molar-refractivity contribution in [3.63, 3.8) is 0 Å². The molecule has 2 atom stereocenters. The molecule has 1 aromatic rings. The number of nitrogens with two attached hydrogens (primary N) is 1. The van der Waals surface area contributed by atoms with Gasteiger partial charge < -0.3 is 10.6 Å². The first-order valence-electron chi connectivity index (χ1n) is 7.02. The van der Waals surface area contributed by atoms with Crippen LogP contribution in [0.4, 0.5) is 5.69 Å². The molecule has 3 heteroatoms. The van der Waals surface area contributed by atoms with Crippen LogP contribution in [0.3, 0.4) is 0 Å². The molecule has 0 heterocycles. The third-order valence-electron chi connectivity index (χ3n) is 3.50. The van der Waals surface area contributed by atoms with E-state index >= 15 is 0 Å². The number of anilines is 1. The Balaban J connectivity index is 2.13. The predicted octanol–water partition coefficient (Wildman–Crippen LogP) is 2.72. The van der Waals surface area contributed by atoms with Crippen molar-refractivity contribution < 1.29 is 4.79 Å². The van der Waals surface area contributed by atoms with E-state index in [1.165, 1.54) is 0 Å². The summed E-state index contributed by atoms with van der Waals surface area (Å²) in [6.07, 6.45) is 6.72. The van der Waals surface area contributed by atoms with Crippen LogP contribution in [0.5, 0.6) is 0 Å². The van der Waals surface area contributed by atoms with Crippen LogP contribution < -0.4 is 10.6 Å². The molecule has 0 saturated heterocycles. The monoisotopic (exact) mass is 258 g/mol. The van der Waals surface area contributed by atoms with Crippen molar-refractivity contribution >= 4 is 11.6 Å². The Kier molecular flexibility index (Phi) is 4.74. The van der Waals surface area contributed by atoms with E-state index in [1.807, 2.05) is 47.4 Å². The fraction of sp³-hybridized carbons (Fsp3) is 0.438. The van der Waals surface area contributed by atoms with E-state index in [1.54, 1.807) is 0 Å². The molecule has 0 aromatic heterocycles. The fourth-order valence-electron chi connectivity index (χ4n) is 2.40. The molecule has 1 aliphatic rings. The lowest BCUT2D eigenvalue weighted by Crippen LogP contribution is -2.36. The standard InChI is InChI=1S/C16H22N2O/c1-2-3-11-18(15-7-5-4-6-8-15)16(19)13-9-10-14(17)12-13/h4-10,13-14H,2-3,11-12,17H2,1H3. The van der Waals surface area contributed by atoms with Crippen molar-refractivity contribution in [2.24, 2.45) is 11.7 Å². The smallest absolute Gasteiger partial charge is 0.233 e. The highest BCUT2D eigenvalue weighted by molar-refractivity contribution is 5.96. The lowest BCUT2D eigenvalue weighted by molar-refractivity contribution is -0.121. The molecule has 0 radical (unpaired) electrons. The Morgan fingerprint density at radius 2 is 2.05 bits per heavy atom. The Morgan fingerprint density at radius 3 is 2.63 bits per heavy atom. The minimum absolute atomic E-state index is 0.0257. The number of carbonyl (C=O) groups excluding carboxylic acids is 1. The number of para-hydroxylation sites is 1. The van der Waals surface area contributed by atoms with Gasteiger partial charge in [0.15, 0.2) is 0 Å². The summed E-state index contributed by atoms with van der Waals surface area (Å²) in [6.45, 7) is 2.91. The Hall–Kier alpha value is -1.61. The number of unbranched alkanes of at least 4 members (excludes halogenated alkanes) is 1. The first-order valence-corrected chi connectivity index (χ1v) is 7.02. The van der Waals surface area contributed by atoms with Crippen LogP contribution in [-0.2, 0) is 4.79 Å². The van der Waals surface area contributed by atoms with Gasteiger partial charge in [0.05, 0.1) is 5.92 Å². The molecule has 102 valence electrons. The van der Waals surface area contributed by atoms with Gasteiger partial charge in [0.1, 0.15) is 0 Å². The van der Waals surface area contributed by atoms with E-state index in [2.05, 4.69) is 6.92 Å². The Labute approximate surface area is 115 Å². The summed E-state index contributed by atoms with van der Waals surface area (Å²) in [5.41, 5.74) is 6.83. The molecule has 1 aliphatic carbocycles. The van der Waals surface area contributed by atoms with Gasteiger partial charge in [-0.2, -0.15) is 0 Å². The first-order chi connectivity index (χ1) is 9.22. The Bertz CT molecular complexity index is 441. The zero-order valence-electron chi connectivity index (χ0n) is 11.5. The van der Waals surface area contributed by atoms with Crippen LogP contribution in [0.2, 0.25) is 0 Å². The fourth-order valence-corrected chi connectivity index (χ4v) is 2.40. The average Bonchev–Trinajstić information content (AvgIpc) is 2.87. The molecule has 3 nitrogen and oxygen atoms in total. The van der Waals surface area contributed by atoms with Crippen LogP contribution in [0.25, 0.3) is 0 Å². The van der Waals surface area contributed by atoms with Gasteiger partial charge in [0.25, 0.3) is 0 Å². The number of hydrogen-bond donors (Lipinski definition) is 1. The quantitative estimate of drug-likeness (QED) is 0.825. The molecule has 1 amide bonds. The predicted molar refractivity (Wildman–Crippen MR) is 78.9 cm³/mol. The molecule has 0 spiro atoms. The molecule has 2 rings (SSSR count). The van der Waals surface area contributed by atoms with E-state index in [0.29, 0.717) is 0 Å². The highest BCUT2D eigenvalue weighted by atomic mass is 16.2. The lowest BCUT2D eigenvalue weighted by atomic mass is 10.1. The SMILES string of the molecule is CCCCN(C(=O)C1C=CC(N)C1)c1ccccc1. The van der Waals surface area contributed by atoms with Gasteiger partial charge in [0, 0.05) is 18.3 Å². The van der Waals surface area contributed by atoms with Crippen molar-refractivity contribution in [3.8, 4) is 0 Å². The summed E-state index contributed by atoms with van der Waals surface area (Å²) < 4.78 is 0. The molecule has 2 unspecified atom stereocenters. The second-order valence-electron chi connectivity index (χ2n) is 5.07. The number of nitrogens with zero attached hydrogens (tertiary/aromatic N) is 1. The summed E-state index contributed by atoms with van der Waals surface area (Å²) in [5.74, 6) is 0.107. The topological polar surface area (TPSA) is 46.3 Å². The third kappa shape index (κ3) is 3.44. The molecule has 0 bridgehead atoms. The molecule has 1 aromatic carbocycles. The van der Waals surface area contributed by atoms with E-state index in [0.717, 1.165) is 31.5 Å². The highest BCUT2D eigenvalue weighted by Crippen LogP contribution is 2.23. The third-order valence-corrected chi connectivity index (χ3v) is 3.50. The van der Waals surface area contributed by atoms with Crippen molar-refractivity contribution in [3.05, 3.63) is 42.5 Å². The van der Waals surface area contributed by atoms with E-state index in [4.69, 9.17) is 5.73 Å². The van der Waals surface area contributed by atoms with Crippen molar-refractivity contribution in [2.45, 2.75) is 32.2 Å². The van der Waals surface area contributed by atoms with Crippen LogP contribution in [-0.4, -0.2) is 18.5 Å². The number of amides is 1. The van der Waals surface area contributed by atoms with Crippen molar-refractivity contribution in [1.29, 1.82) is 0 Å². The summed E-state index contributed by atoms with van der Waals surface area (Å²) in [4.78, 5) is 14.5. The molecule has 19 heavy (non-hydrogen) atoms. The lowest BCUT2D eigenvalue weighted by Gasteiger charge is -2.25. The van der Waals surface area contributed by atoms with Crippen LogP contribution in [0, 0.1) is 5.92 Å². The summed E-state index contributed by atoms with van der Waals surface area (Å²) >= 11 is 0. The molecule has 0 saturated carbocycles. The normalized spacial score (nSPS) is 21.6. The van der Waals surface area contributed by atoms with Crippen molar-refractivity contribution in [2.75, 3.05) is 11.4 Å². The van der Waals surface area contributed by atoms with Gasteiger partial charge >= 0.3 is 0 Å². The van der Waals surface area contributed by atoms with Crippen LogP contribution >= 0.6 is 0 Å². The van der Waals surface area contributed by atoms with Gasteiger partial charge in [-0.1, -0.05) is 43.7 Å². The summed E-state index contributed by atoms with van der Waals surface area (Å²) in [5, 5.41) is 0. The van der Waals surface area contributed by atoms with Crippen LogP contribution in [0.15, 0.2) is 42.5 Å². The van der Waals surface area contributed by atoms with E-state index in [9.17, 15) is 4.79 Å². The zero-order chi connectivity index (χ0) is 13.7. The maximum atomic E-state index is 12.6. The van der Waals surface area contributed by atoms with E-state index in [-0.39, 0.29) is 17.9 Å². The summed E-state index contributed by atoms with van der Waals surface area (Å²) in [7, 11) is 0. The van der Waals surface area contributed by atoms with Gasteiger partial charge in [0.2, 0.25) is 5.91 Å². The largest absolute Gasteiger partial charge is 0.324 e. The molecule has 0 aliphatic heterocycles. The second-order valence-corrected chi connectivity index (χ2v) is 5.07. The number of benzene rings is 1. The van der Waals surface area contributed by atoms with Gasteiger partial charge in [-0.25, -0.2) is 0 Å². The van der Waals surface area contributed by atoms with Gasteiger partial charge in [-0.3, -0.25) is 4.79 Å². The number of carbonyl (C=O) groups is 1. The first kappa shape index (κ1) is 13.8. The molecule has 2 N–H and O–H groups in total. The number of rotatable bonds is 5. The highest BCUT2D eigenvalue weighted by Gasteiger charge is 2.27. The van der Waals surface area contributed by atoms with Gasteiger partial charge in [-0.15, -0.1) is 0 Å². The number of hydrogen-bond acceptors (Lipinski definition) is 2. The Morgan fingerprint density at radius 1 is 1.32 bits per heavy atom. The average molecular weight is 258 g/mol. The minimum Gasteiger partial charge on any atom is -0.324 e. The molecular formula is C16H22N2O. The maximum absolute atomic E-state index is 12.6. The van der Waals surface area contributed by atoms with Crippen LogP contribution in [0.1, 0.15) is 26.2 Å². The molecular weight excluding hydrogens is 236 g/mol. The van der Waals surface area contributed by atoms with Crippen molar-refractivity contribution in [1.82, 2.24) is 0 Å². The van der Waals surface area contributed by atoms with E-state index < -0.39 is 0 Å². The van der Waals surface area contributed by atoms with Gasteiger partial charge in [-0.05, 0) is 25.0 Å². The minimum atomic E-state index is -0.0629. The summed E-state index contributed by atoms with van der Waals surface area (Å²) in [6, 6.07) is 9.92.